The minimum absolute atomic E-state index is 0.0442. The molecule has 0 spiro atoms. The Kier molecular flexibility index (Phi) is 5.31. The monoisotopic (exact) mass is 407 g/mol. The Balaban J connectivity index is 1.87. The number of ketones is 1. The molecule has 1 aliphatic carbocycles. The summed E-state index contributed by atoms with van der Waals surface area (Å²) in [4.78, 5) is 42.2. The van der Waals surface area contributed by atoms with E-state index in [-0.39, 0.29) is 22.9 Å². The normalized spacial score (nSPS) is 21.7. The molecular formula is C22H21N3O5. The van der Waals surface area contributed by atoms with E-state index in [0.29, 0.717) is 5.56 Å². The zero-order valence-electron chi connectivity index (χ0n) is 16.2. The summed E-state index contributed by atoms with van der Waals surface area (Å²) in [5.41, 5.74) is 0.546. The average molecular weight is 407 g/mol. The number of benzene rings is 1. The number of Topliss-reactive ketones (excluding diaryl/α,β-unsaturated/α-hetero) is 1. The van der Waals surface area contributed by atoms with Gasteiger partial charge in [0.05, 0.1) is 16.5 Å². The van der Waals surface area contributed by atoms with E-state index in [0.717, 1.165) is 32.1 Å². The Hall–Kier alpha value is -3.55. The molecule has 1 saturated carbocycles. The third-order valence-corrected chi connectivity index (χ3v) is 5.80. The highest BCUT2D eigenvalue weighted by Crippen LogP contribution is 2.43. The van der Waals surface area contributed by atoms with Crippen LogP contribution < -0.4 is 0 Å². The van der Waals surface area contributed by atoms with E-state index >= 15 is 0 Å². The first-order chi connectivity index (χ1) is 14.5. The molecule has 0 bridgehead atoms. The van der Waals surface area contributed by atoms with Crippen LogP contribution in [0.4, 0.5) is 5.69 Å². The minimum atomic E-state index is -0.772. The number of nitro groups is 1. The maximum absolute atomic E-state index is 13.0. The molecule has 1 amide bonds. The predicted molar refractivity (Wildman–Crippen MR) is 108 cm³/mol. The van der Waals surface area contributed by atoms with Crippen molar-refractivity contribution in [1.82, 2.24) is 9.88 Å². The molecule has 2 fully saturated rings. The minimum Gasteiger partial charge on any atom is -0.507 e. The SMILES string of the molecule is O=C1C(=O)N(C2CCCCC2)C(c2ccncc2)/C1=C(/O)c1cccc([N+](=O)[O-])c1. The number of aliphatic hydroxyl groups excluding tert-OH is 1. The number of nitrogens with zero attached hydrogens (tertiary/aromatic N) is 3. The molecule has 4 rings (SSSR count). The van der Waals surface area contributed by atoms with Crippen molar-refractivity contribution in [3.8, 4) is 0 Å². The van der Waals surface area contributed by atoms with E-state index in [9.17, 15) is 24.8 Å². The summed E-state index contributed by atoms with van der Waals surface area (Å²) in [6, 6.07) is 8.01. The predicted octanol–water partition coefficient (Wildman–Crippen LogP) is 3.74. The summed E-state index contributed by atoms with van der Waals surface area (Å²) in [6.07, 6.45) is 7.78. The van der Waals surface area contributed by atoms with Crippen LogP contribution in [0.3, 0.4) is 0 Å². The number of hydrogen-bond donors (Lipinski definition) is 1. The van der Waals surface area contributed by atoms with Gasteiger partial charge in [0.1, 0.15) is 5.76 Å². The van der Waals surface area contributed by atoms with Gasteiger partial charge in [0.25, 0.3) is 17.4 Å². The number of carbonyl (C=O) groups is 2. The van der Waals surface area contributed by atoms with E-state index in [1.165, 1.54) is 24.3 Å². The lowest BCUT2D eigenvalue weighted by Gasteiger charge is -2.35. The van der Waals surface area contributed by atoms with Crippen LogP contribution >= 0.6 is 0 Å². The van der Waals surface area contributed by atoms with E-state index < -0.39 is 28.4 Å². The first kappa shape index (κ1) is 19.8. The average Bonchev–Trinajstić information content (AvgIpc) is 3.05. The fourth-order valence-electron chi connectivity index (χ4n) is 4.38. The van der Waals surface area contributed by atoms with Crippen molar-refractivity contribution in [2.45, 2.75) is 44.2 Å². The van der Waals surface area contributed by atoms with Crippen LogP contribution in [0.15, 0.2) is 54.4 Å². The lowest BCUT2D eigenvalue weighted by Crippen LogP contribution is -2.40. The number of likely N-dealkylation sites (tertiary alicyclic amines) is 1. The summed E-state index contributed by atoms with van der Waals surface area (Å²) in [6.45, 7) is 0. The van der Waals surface area contributed by atoms with E-state index in [4.69, 9.17) is 0 Å². The number of aromatic nitrogens is 1. The van der Waals surface area contributed by atoms with Gasteiger partial charge < -0.3 is 10.0 Å². The molecule has 2 aliphatic rings. The Bertz CT molecular complexity index is 1030. The smallest absolute Gasteiger partial charge is 0.295 e. The topological polar surface area (TPSA) is 114 Å². The molecule has 30 heavy (non-hydrogen) atoms. The zero-order valence-corrected chi connectivity index (χ0v) is 16.2. The second-order valence-corrected chi connectivity index (χ2v) is 7.59. The Morgan fingerprint density at radius 2 is 1.80 bits per heavy atom. The molecule has 1 aromatic carbocycles. The second-order valence-electron chi connectivity index (χ2n) is 7.59. The molecular weight excluding hydrogens is 386 g/mol. The molecule has 2 heterocycles. The molecule has 1 unspecified atom stereocenters. The van der Waals surface area contributed by atoms with Crippen molar-refractivity contribution < 1.29 is 19.6 Å². The summed E-state index contributed by atoms with van der Waals surface area (Å²) in [7, 11) is 0. The van der Waals surface area contributed by atoms with E-state index in [1.54, 1.807) is 29.4 Å². The standard InChI is InChI=1S/C22H21N3O5/c26-20(15-5-4-8-17(13-15)25(29)30)18-19(14-9-11-23-12-10-14)24(22(28)21(18)27)16-6-2-1-3-7-16/h4-5,8-13,16,19,26H,1-3,6-7H2/b20-18-. The van der Waals surface area contributed by atoms with Crippen molar-refractivity contribution in [3.63, 3.8) is 0 Å². The number of amides is 1. The maximum Gasteiger partial charge on any atom is 0.295 e. The molecule has 154 valence electrons. The Morgan fingerprint density at radius 1 is 1.10 bits per heavy atom. The quantitative estimate of drug-likeness (QED) is 0.271. The summed E-state index contributed by atoms with van der Waals surface area (Å²) < 4.78 is 0. The van der Waals surface area contributed by atoms with Crippen molar-refractivity contribution >= 4 is 23.1 Å². The van der Waals surface area contributed by atoms with E-state index in [1.807, 2.05) is 0 Å². The number of carbonyl (C=O) groups excluding carboxylic acids is 2. The largest absolute Gasteiger partial charge is 0.507 e. The van der Waals surface area contributed by atoms with Gasteiger partial charge in [-0.05, 0) is 30.5 Å². The number of hydrogen-bond acceptors (Lipinski definition) is 6. The molecule has 0 radical (unpaired) electrons. The Morgan fingerprint density at radius 3 is 2.47 bits per heavy atom. The van der Waals surface area contributed by atoms with Crippen LogP contribution in [0.1, 0.15) is 49.3 Å². The van der Waals surface area contributed by atoms with Gasteiger partial charge in [0.2, 0.25) is 0 Å². The van der Waals surface area contributed by atoms with Gasteiger partial charge in [-0.2, -0.15) is 0 Å². The third-order valence-electron chi connectivity index (χ3n) is 5.80. The fraction of sp³-hybridized carbons (Fsp3) is 0.318. The van der Waals surface area contributed by atoms with Crippen molar-refractivity contribution in [2.24, 2.45) is 0 Å². The molecule has 8 heteroatoms. The van der Waals surface area contributed by atoms with Gasteiger partial charge in [-0.25, -0.2) is 0 Å². The van der Waals surface area contributed by atoms with Gasteiger partial charge in [-0.15, -0.1) is 0 Å². The van der Waals surface area contributed by atoms with Crippen molar-refractivity contribution in [2.75, 3.05) is 0 Å². The van der Waals surface area contributed by atoms with Crippen LogP contribution in [0, 0.1) is 10.1 Å². The van der Waals surface area contributed by atoms with Gasteiger partial charge in [0.15, 0.2) is 0 Å². The number of pyridine rings is 1. The molecule has 1 aromatic heterocycles. The Labute approximate surface area is 173 Å². The van der Waals surface area contributed by atoms with Crippen molar-refractivity contribution in [3.05, 3.63) is 75.6 Å². The second kappa shape index (κ2) is 8.06. The van der Waals surface area contributed by atoms with Gasteiger partial charge >= 0.3 is 0 Å². The van der Waals surface area contributed by atoms with Crippen LogP contribution in [0.5, 0.6) is 0 Å². The summed E-state index contributed by atoms with van der Waals surface area (Å²) >= 11 is 0. The highest BCUT2D eigenvalue weighted by atomic mass is 16.6. The van der Waals surface area contributed by atoms with Gasteiger partial charge in [-0.3, -0.25) is 24.7 Å². The number of aliphatic hydroxyl groups is 1. The highest BCUT2D eigenvalue weighted by molar-refractivity contribution is 6.46. The van der Waals surface area contributed by atoms with Crippen LogP contribution in [0.25, 0.3) is 5.76 Å². The van der Waals surface area contributed by atoms with Gasteiger partial charge in [0, 0.05) is 36.1 Å². The molecule has 1 N–H and O–H groups in total. The van der Waals surface area contributed by atoms with Crippen LogP contribution in [0.2, 0.25) is 0 Å². The van der Waals surface area contributed by atoms with Crippen LogP contribution in [-0.2, 0) is 9.59 Å². The van der Waals surface area contributed by atoms with Crippen molar-refractivity contribution in [1.29, 1.82) is 0 Å². The lowest BCUT2D eigenvalue weighted by atomic mass is 9.91. The third kappa shape index (κ3) is 3.45. The summed E-state index contributed by atoms with van der Waals surface area (Å²) in [5, 5.41) is 22.1. The van der Waals surface area contributed by atoms with Gasteiger partial charge in [-0.1, -0.05) is 31.4 Å². The maximum atomic E-state index is 13.0. The first-order valence-electron chi connectivity index (χ1n) is 9.94. The van der Waals surface area contributed by atoms with E-state index in [2.05, 4.69) is 4.98 Å². The number of nitro benzene ring substituents is 1. The lowest BCUT2D eigenvalue weighted by molar-refractivity contribution is -0.384. The zero-order chi connectivity index (χ0) is 21.3. The molecule has 2 aromatic rings. The number of rotatable bonds is 4. The molecule has 1 atom stereocenters. The van der Waals surface area contributed by atoms with Crippen LogP contribution in [-0.4, -0.2) is 37.6 Å². The highest BCUT2D eigenvalue weighted by Gasteiger charge is 2.48. The summed E-state index contributed by atoms with van der Waals surface area (Å²) in [5.74, 6) is -1.82. The fourth-order valence-corrected chi connectivity index (χ4v) is 4.38. The molecule has 8 nitrogen and oxygen atoms in total. The molecule has 1 saturated heterocycles. The number of non-ortho nitro benzene ring substituents is 1. The first-order valence-corrected chi connectivity index (χ1v) is 9.94. The molecule has 1 aliphatic heterocycles.